The van der Waals surface area contributed by atoms with Crippen molar-refractivity contribution < 1.29 is 8.83 Å². The average Bonchev–Trinajstić information content (AvgIpc) is 3.17. The fourth-order valence-electron chi connectivity index (χ4n) is 3.89. The topological polar surface area (TPSA) is 115 Å². The highest BCUT2D eigenvalue weighted by Crippen LogP contribution is 2.42. The molecule has 2 heterocycles. The van der Waals surface area contributed by atoms with Gasteiger partial charge in [-0.2, -0.15) is 10.2 Å². The van der Waals surface area contributed by atoms with Crippen molar-refractivity contribution in [3.63, 3.8) is 0 Å². The van der Waals surface area contributed by atoms with Crippen LogP contribution in [0.4, 0.5) is 11.9 Å². The summed E-state index contributed by atoms with van der Waals surface area (Å²) in [7, 11) is 0. The zero-order valence-corrected chi connectivity index (χ0v) is 16.3. The van der Waals surface area contributed by atoms with Crippen LogP contribution < -0.4 is 11.5 Å². The summed E-state index contributed by atoms with van der Waals surface area (Å²) in [6.45, 7) is 8.38. The van der Waals surface area contributed by atoms with E-state index >= 15 is 0 Å². The predicted octanol–water partition coefficient (Wildman–Crippen LogP) is 5.06. The first-order chi connectivity index (χ1) is 13.3. The van der Waals surface area contributed by atoms with Gasteiger partial charge in [0.2, 0.25) is 5.88 Å². The Morgan fingerprint density at radius 3 is 2.46 bits per heavy atom. The number of benzene rings is 2. The molecule has 6 heteroatoms. The van der Waals surface area contributed by atoms with Crippen LogP contribution in [0.3, 0.4) is 0 Å². The maximum atomic E-state index is 9.42. The van der Waals surface area contributed by atoms with E-state index in [2.05, 4.69) is 50.9 Å². The third-order valence-electron chi connectivity index (χ3n) is 5.41. The Morgan fingerprint density at radius 2 is 1.79 bits per heavy atom. The molecular formula is C22H22N4O2. The fraction of sp³-hybridized carbons (Fsp3) is 0.273. The number of oxazole rings is 1. The molecule has 2 aromatic carbocycles. The van der Waals surface area contributed by atoms with Crippen LogP contribution in [0, 0.1) is 11.3 Å². The molecule has 6 nitrogen and oxygen atoms in total. The minimum atomic E-state index is -0.492. The lowest BCUT2D eigenvalue weighted by Gasteiger charge is -2.26. The Morgan fingerprint density at radius 1 is 1.04 bits per heavy atom. The van der Waals surface area contributed by atoms with Gasteiger partial charge in [-0.05, 0) is 23.1 Å². The lowest BCUT2D eigenvalue weighted by molar-refractivity contribution is 0.594. The van der Waals surface area contributed by atoms with Crippen LogP contribution in [-0.2, 0) is 5.41 Å². The summed E-state index contributed by atoms with van der Waals surface area (Å²) in [4.78, 5) is 4.47. The number of fused-ring (bicyclic) bond motifs is 2. The Balaban J connectivity index is 2.02. The summed E-state index contributed by atoms with van der Waals surface area (Å²) in [5.74, 6) is 0.408. The highest BCUT2D eigenvalue weighted by molar-refractivity contribution is 5.92. The van der Waals surface area contributed by atoms with E-state index < -0.39 is 5.41 Å². The van der Waals surface area contributed by atoms with Crippen molar-refractivity contribution in [3.8, 4) is 6.07 Å². The second kappa shape index (κ2) is 6.03. The first-order valence-electron chi connectivity index (χ1n) is 9.16. The van der Waals surface area contributed by atoms with E-state index in [0.29, 0.717) is 22.1 Å². The van der Waals surface area contributed by atoms with Gasteiger partial charge in [0, 0.05) is 16.4 Å². The molecule has 0 atom stereocenters. The van der Waals surface area contributed by atoms with E-state index in [1.807, 2.05) is 18.2 Å². The zero-order chi connectivity index (χ0) is 20.2. The van der Waals surface area contributed by atoms with Gasteiger partial charge < -0.3 is 20.3 Å². The van der Waals surface area contributed by atoms with Gasteiger partial charge in [-0.15, -0.1) is 0 Å². The van der Waals surface area contributed by atoms with E-state index in [4.69, 9.17) is 20.3 Å². The quantitative estimate of drug-likeness (QED) is 0.518. The van der Waals surface area contributed by atoms with Gasteiger partial charge in [0.05, 0.1) is 0 Å². The fourth-order valence-corrected chi connectivity index (χ4v) is 3.89. The SMILES string of the molecule is CC(C)c1ccc(C(C)(C)c2cccc3c(C#N)c(N)oc23)c2nc(N)oc12. The van der Waals surface area contributed by atoms with E-state index in [1.165, 1.54) is 0 Å². The number of rotatable bonds is 3. The Hall–Kier alpha value is -3.46. The third-order valence-corrected chi connectivity index (χ3v) is 5.41. The second-order valence-corrected chi connectivity index (χ2v) is 7.85. The molecule has 0 fully saturated rings. The first-order valence-corrected chi connectivity index (χ1v) is 9.16. The van der Waals surface area contributed by atoms with Crippen LogP contribution in [0.15, 0.2) is 39.2 Å². The lowest BCUT2D eigenvalue weighted by Crippen LogP contribution is -2.20. The number of furan rings is 1. The smallest absolute Gasteiger partial charge is 0.293 e. The summed E-state index contributed by atoms with van der Waals surface area (Å²) >= 11 is 0. The van der Waals surface area contributed by atoms with Crippen molar-refractivity contribution in [1.29, 1.82) is 5.26 Å². The van der Waals surface area contributed by atoms with Crippen molar-refractivity contribution >= 4 is 34.0 Å². The molecule has 28 heavy (non-hydrogen) atoms. The number of aromatic nitrogens is 1. The van der Waals surface area contributed by atoms with Gasteiger partial charge in [0.15, 0.2) is 5.58 Å². The summed E-state index contributed by atoms with van der Waals surface area (Å²) < 4.78 is 11.5. The number of anilines is 2. The standard InChI is InChI=1S/C22H22N4O2/c1-11(2)12-8-9-15(17-19(12)28-21(25)26-17)22(3,4)16-7-5-6-13-14(10-23)20(24)27-18(13)16/h5-9,11H,24H2,1-4H3,(H2,25,26). The van der Waals surface area contributed by atoms with Crippen LogP contribution in [0.1, 0.15) is 55.9 Å². The number of para-hydroxylation sites is 1. The third kappa shape index (κ3) is 2.43. The molecule has 0 saturated heterocycles. The minimum absolute atomic E-state index is 0.131. The summed E-state index contributed by atoms with van der Waals surface area (Å²) in [5.41, 5.74) is 16.7. The molecule has 4 N–H and O–H groups in total. The number of hydrogen-bond donors (Lipinski definition) is 2. The predicted molar refractivity (Wildman–Crippen MR) is 110 cm³/mol. The number of hydrogen-bond acceptors (Lipinski definition) is 6. The van der Waals surface area contributed by atoms with Crippen molar-refractivity contribution in [2.75, 3.05) is 11.5 Å². The van der Waals surface area contributed by atoms with Gasteiger partial charge in [-0.3, -0.25) is 0 Å². The van der Waals surface area contributed by atoms with E-state index in [-0.39, 0.29) is 17.8 Å². The van der Waals surface area contributed by atoms with Crippen LogP contribution in [0.25, 0.3) is 22.1 Å². The van der Waals surface area contributed by atoms with Crippen molar-refractivity contribution in [1.82, 2.24) is 4.98 Å². The molecule has 0 saturated carbocycles. The number of nitrogen functional groups attached to an aromatic ring is 2. The molecule has 0 bridgehead atoms. The highest BCUT2D eigenvalue weighted by Gasteiger charge is 2.32. The minimum Gasteiger partial charge on any atom is -0.439 e. The normalized spacial score (nSPS) is 12.1. The summed E-state index contributed by atoms with van der Waals surface area (Å²) in [5, 5.41) is 10.1. The molecule has 4 aromatic rings. The maximum Gasteiger partial charge on any atom is 0.293 e. The molecule has 0 amide bonds. The monoisotopic (exact) mass is 374 g/mol. The van der Waals surface area contributed by atoms with Crippen LogP contribution in [0.2, 0.25) is 0 Å². The summed E-state index contributed by atoms with van der Waals surface area (Å²) in [6, 6.07) is 12.1. The van der Waals surface area contributed by atoms with Gasteiger partial charge in [0.25, 0.3) is 6.01 Å². The largest absolute Gasteiger partial charge is 0.439 e. The van der Waals surface area contributed by atoms with Gasteiger partial charge in [0.1, 0.15) is 22.7 Å². The maximum absolute atomic E-state index is 9.42. The number of nitrogens with zero attached hydrogens (tertiary/aromatic N) is 2. The van der Waals surface area contributed by atoms with Crippen molar-refractivity contribution in [3.05, 3.63) is 52.6 Å². The molecule has 142 valence electrons. The van der Waals surface area contributed by atoms with Crippen LogP contribution in [-0.4, -0.2) is 4.98 Å². The van der Waals surface area contributed by atoms with E-state index in [1.54, 1.807) is 0 Å². The molecule has 2 aromatic heterocycles. The molecule has 0 aliphatic heterocycles. The zero-order valence-electron chi connectivity index (χ0n) is 16.3. The van der Waals surface area contributed by atoms with E-state index in [9.17, 15) is 5.26 Å². The number of nitrogens with two attached hydrogens (primary N) is 2. The van der Waals surface area contributed by atoms with Crippen LogP contribution in [0.5, 0.6) is 0 Å². The highest BCUT2D eigenvalue weighted by atomic mass is 16.4. The molecule has 0 aliphatic carbocycles. The number of nitriles is 1. The van der Waals surface area contributed by atoms with Gasteiger partial charge in [-0.25, -0.2) is 0 Å². The van der Waals surface area contributed by atoms with Crippen LogP contribution >= 0.6 is 0 Å². The lowest BCUT2D eigenvalue weighted by atomic mass is 9.76. The molecular weight excluding hydrogens is 352 g/mol. The Kier molecular flexibility index (Phi) is 3.86. The van der Waals surface area contributed by atoms with Gasteiger partial charge >= 0.3 is 0 Å². The van der Waals surface area contributed by atoms with Crippen molar-refractivity contribution in [2.24, 2.45) is 0 Å². The van der Waals surface area contributed by atoms with E-state index in [0.717, 1.165) is 22.2 Å². The Labute approximate surface area is 162 Å². The van der Waals surface area contributed by atoms with Gasteiger partial charge in [-0.1, -0.05) is 52.0 Å². The molecule has 0 unspecified atom stereocenters. The molecule has 0 aliphatic rings. The Bertz CT molecular complexity index is 1260. The average molecular weight is 374 g/mol. The summed E-state index contributed by atoms with van der Waals surface area (Å²) in [6.07, 6.45) is 0. The molecule has 0 spiro atoms. The second-order valence-electron chi connectivity index (χ2n) is 7.85. The first kappa shape index (κ1) is 17.9. The molecule has 4 rings (SSSR count). The molecule has 0 radical (unpaired) electrons. The van der Waals surface area contributed by atoms with Crippen molar-refractivity contribution in [2.45, 2.75) is 39.0 Å².